The minimum absolute atomic E-state index is 0. The van der Waals surface area contributed by atoms with Gasteiger partial charge in [-0.25, -0.2) is 4.98 Å². The van der Waals surface area contributed by atoms with Gasteiger partial charge in [0.25, 0.3) is 11.6 Å². The van der Waals surface area contributed by atoms with Gasteiger partial charge in [0.2, 0.25) is 0 Å². The van der Waals surface area contributed by atoms with E-state index in [1.807, 2.05) is 6.07 Å². The van der Waals surface area contributed by atoms with Crippen molar-refractivity contribution in [2.45, 2.75) is 0 Å². The van der Waals surface area contributed by atoms with Crippen molar-refractivity contribution >= 4 is 35.9 Å². The summed E-state index contributed by atoms with van der Waals surface area (Å²) in [5.41, 5.74) is 5.77. The molecule has 0 bridgehead atoms. The van der Waals surface area contributed by atoms with Crippen LogP contribution in [-0.2, 0) is 0 Å². The third-order valence-electron chi connectivity index (χ3n) is 1.57. The molecule has 0 aliphatic heterocycles. The minimum atomic E-state index is 0. The Balaban J connectivity index is 0.000000980. The van der Waals surface area contributed by atoms with E-state index in [2.05, 4.69) is 10.1 Å². The molecular formula is C8H11Cl2N3O2. The number of nitrogens with zero attached hydrogens (tertiary/aromatic N) is 2. The lowest BCUT2D eigenvalue weighted by Crippen LogP contribution is -2.10. The molecule has 0 saturated heterocycles. The molecule has 84 valence electrons. The van der Waals surface area contributed by atoms with Crippen LogP contribution in [0.5, 0.6) is 5.88 Å². The standard InChI is InChI=1S/C8H9N3O2.2ClH/c9-3-5-12-8-6-2-1-4-10-7(6)13-11-8;;/h1-2,4H,3,5,9H2;2*1H. The number of rotatable bonds is 3. The summed E-state index contributed by atoms with van der Waals surface area (Å²) in [7, 11) is 0. The summed E-state index contributed by atoms with van der Waals surface area (Å²) in [6.45, 7) is 0.880. The topological polar surface area (TPSA) is 74.2 Å². The van der Waals surface area contributed by atoms with Gasteiger partial charge in [-0.15, -0.1) is 24.8 Å². The van der Waals surface area contributed by atoms with E-state index in [1.54, 1.807) is 12.3 Å². The van der Waals surface area contributed by atoms with E-state index in [0.717, 1.165) is 5.39 Å². The van der Waals surface area contributed by atoms with Gasteiger partial charge in [0.05, 0.1) is 0 Å². The SMILES string of the molecule is Cl.Cl.NCCOc1noc2ncccc12. The first-order chi connectivity index (χ1) is 6.42. The lowest BCUT2D eigenvalue weighted by Gasteiger charge is -1.97. The van der Waals surface area contributed by atoms with Crippen LogP contribution in [0.25, 0.3) is 11.1 Å². The second-order valence-electron chi connectivity index (χ2n) is 2.48. The molecule has 0 fully saturated rings. The summed E-state index contributed by atoms with van der Waals surface area (Å²) < 4.78 is 10.2. The summed E-state index contributed by atoms with van der Waals surface area (Å²) >= 11 is 0. The zero-order chi connectivity index (χ0) is 9.10. The molecule has 7 heteroatoms. The highest BCUT2D eigenvalue weighted by Gasteiger charge is 2.08. The van der Waals surface area contributed by atoms with Crippen LogP contribution in [0.15, 0.2) is 22.9 Å². The monoisotopic (exact) mass is 251 g/mol. The van der Waals surface area contributed by atoms with Crippen molar-refractivity contribution in [1.82, 2.24) is 10.1 Å². The number of hydrogen-bond acceptors (Lipinski definition) is 5. The Labute approximate surface area is 98.8 Å². The maximum Gasteiger partial charge on any atom is 0.263 e. The quantitative estimate of drug-likeness (QED) is 0.893. The molecular weight excluding hydrogens is 241 g/mol. The molecule has 2 aromatic rings. The Morgan fingerprint density at radius 3 is 2.93 bits per heavy atom. The van der Waals surface area contributed by atoms with Crippen molar-refractivity contribution in [2.75, 3.05) is 13.2 Å². The van der Waals surface area contributed by atoms with Crippen LogP contribution in [0.2, 0.25) is 0 Å². The third kappa shape index (κ3) is 2.95. The van der Waals surface area contributed by atoms with E-state index in [9.17, 15) is 0 Å². The van der Waals surface area contributed by atoms with Gasteiger partial charge in [-0.05, 0) is 17.3 Å². The molecule has 0 aromatic carbocycles. The van der Waals surface area contributed by atoms with E-state index in [4.69, 9.17) is 15.0 Å². The van der Waals surface area contributed by atoms with Crippen LogP contribution in [-0.4, -0.2) is 23.3 Å². The molecule has 15 heavy (non-hydrogen) atoms. The highest BCUT2D eigenvalue weighted by Crippen LogP contribution is 2.21. The normalized spacial score (nSPS) is 9.13. The Bertz CT molecular complexity index is 407. The fraction of sp³-hybridized carbons (Fsp3) is 0.250. The Morgan fingerprint density at radius 1 is 1.40 bits per heavy atom. The van der Waals surface area contributed by atoms with Gasteiger partial charge in [-0.2, -0.15) is 0 Å². The maximum absolute atomic E-state index is 5.29. The van der Waals surface area contributed by atoms with E-state index in [-0.39, 0.29) is 24.8 Å². The smallest absolute Gasteiger partial charge is 0.263 e. The molecule has 0 saturated carbocycles. The average molecular weight is 252 g/mol. The minimum Gasteiger partial charge on any atom is -0.474 e. The van der Waals surface area contributed by atoms with Gasteiger partial charge in [0, 0.05) is 12.7 Å². The molecule has 0 unspecified atom stereocenters. The number of fused-ring (bicyclic) bond motifs is 1. The predicted octanol–water partition coefficient (Wildman–Crippen LogP) is 1.40. The molecule has 2 heterocycles. The van der Waals surface area contributed by atoms with Gasteiger partial charge in [0.15, 0.2) is 0 Å². The highest BCUT2D eigenvalue weighted by molar-refractivity contribution is 5.85. The Hall–Kier alpha value is -1.04. The van der Waals surface area contributed by atoms with Crippen molar-refractivity contribution in [3.05, 3.63) is 18.3 Å². The molecule has 2 N–H and O–H groups in total. The maximum atomic E-state index is 5.29. The lowest BCUT2D eigenvalue weighted by atomic mass is 10.3. The van der Waals surface area contributed by atoms with Crippen LogP contribution in [0.4, 0.5) is 0 Å². The molecule has 2 aromatic heterocycles. The zero-order valence-corrected chi connectivity index (χ0v) is 9.38. The fourth-order valence-corrected chi connectivity index (χ4v) is 1.02. The zero-order valence-electron chi connectivity index (χ0n) is 7.75. The number of hydrogen-bond donors (Lipinski definition) is 1. The van der Waals surface area contributed by atoms with E-state index in [1.165, 1.54) is 0 Å². The van der Waals surface area contributed by atoms with Gasteiger partial charge < -0.3 is 15.0 Å². The van der Waals surface area contributed by atoms with Gasteiger partial charge in [0.1, 0.15) is 12.0 Å². The van der Waals surface area contributed by atoms with Gasteiger partial charge in [-0.3, -0.25) is 0 Å². The van der Waals surface area contributed by atoms with Crippen LogP contribution in [0.3, 0.4) is 0 Å². The Kier molecular flexibility index (Phi) is 6.00. The summed E-state index contributed by atoms with van der Waals surface area (Å²) in [5.74, 6) is 0.452. The molecule has 0 aliphatic rings. The second kappa shape index (κ2) is 6.44. The van der Waals surface area contributed by atoms with Crippen LogP contribution in [0, 0.1) is 0 Å². The van der Waals surface area contributed by atoms with Crippen molar-refractivity contribution in [3.8, 4) is 5.88 Å². The van der Waals surface area contributed by atoms with E-state index in [0.29, 0.717) is 24.7 Å². The molecule has 0 aliphatic carbocycles. The summed E-state index contributed by atoms with van der Waals surface area (Å²) in [6, 6.07) is 3.64. The Morgan fingerprint density at radius 2 is 2.20 bits per heavy atom. The number of ether oxygens (including phenoxy) is 1. The first-order valence-electron chi connectivity index (χ1n) is 3.95. The second-order valence-corrected chi connectivity index (χ2v) is 2.48. The summed E-state index contributed by atoms with van der Waals surface area (Å²) in [4.78, 5) is 3.97. The molecule has 0 radical (unpaired) electrons. The van der Waals surface area contributed by atoms with Gasteiger partial charge >= 0.3 is 0 Å². The summed E-state index contributed by atoms with van der Waals surface area (Å²) in [5, 5.41) is 4.49. The molecule has 5 nitrogen and oxygen atoms in total. The third-order valence-corrected chi connectivity index (χ3v) is 1.57. The lowest BCUT2D eigenvalue weighted by molar-refractivity contribution is 0.292. The van der Waals surface area contributed by atoms with Crippen molar-refractivity contribution < 1.29 is 9.26 Å². The molecule has 0 atom stereocenters. The largest absolute Gasteiger partial charge is 0.474 e. The number of halogens is 2. The van der Waals surface area contributed by atoms with Crippen LogP contribution in [0.1, 0.15) is 0 Å². The van der Waals surface area contributed by atoms with Crippen molar-refractivity contribution in [1.29, 1.82) is 0 Å². The number of nitrogens with two attached hydrogens (primary N) is 1. The average Bonchev–Trinajstić information content (AvgIpc) is 2.58. The van der Waals surface area contributed by atoms with Crippen LogP contribution < -0.4 is 10.5 Å². The molecule has 0 spiro atoms. The van der Waals surface area contributed by atoms with Crippen molar-refractivity contribution in [3.63, 3.8) is 0 Å². The number of aromatic nitrogens is 2. The van der Waals surface area contributed by atoms with Crippen molar-refractivity contribution in [2.24, 2.45) is 5.73 Å². The van der Waals surface area contributed by atoms with E-state index < -0.39 is 0 Å². The van der Waals surface area contributed by atoms with E-state index >= 15 is 0 Å². The first kappa shape index (κ1) is 14.0. The summed E-state index contributed by atoms with van der Waals surface area (Å²) in [6.07, 6.45) is 1.64. The molecule has 2 rings (SSSR count). The highest BCUT2D eigenvalue weighted by atomic mass is 35.5. The fourth-order valence-electron chi connectivity index (χ4n) is 1.02. The first-order valence-corrected chi connectivity index (χ1v) is 3.95. The molecule has 0 amide bonds. The van der Waals surface area contributed by atoms with Gasteiger partial charge in [-0.1, -0.05) is 0 Å². The predicted molar refractivity (Wildman–Crippen MR) is 60.8 cm³/mol. The van der Waals surface area contributed by atoms with Crippen LogP contribution >= 0.6 is 24.8 Å². The number of pyridine rings is 1.